The van der Waals surface area contributed by atoms with Crippen molar-refractivity contribution in [3.05, 3.63) is 18.0 Å². The highest BCUT2D eigenvalue weighted by Gasteiger charge is 2.22. The van der Waals surface area contributed by atoms with E-state index in [1.165, 1.54) is 31.4 Å². The van der Waals surface area contributed by atoms with Crippen molar-refractivity contribution in [3.63, 3.8) is 0 Å². The van der Waals surface area contributed by atoms with Gasteiger partial charge in [0.2, 0.25) is 0 Å². The second kappa shape index (κ2) is 4.23. The van der Waals surface area contributed by atoms with Crippen LogP contribution in [0, 0.1) is 5.92 Å². The molecule has 0 aromatic carbocycles. The molecule has 1 aliphatic carbocycles. The van der Waals surface area contributed by atoms with Gasteiger partial charge >= 0.3 is 0 Å². The van der Waals surface area contributed by atoms with Crippen molar-refractivity contribution in [1.29, 1.82) is 0 Å². The van der Waals surface area contributed by atoms with E-state index in [1.807, 2.05) is 0 Å². The van der Waals surface area contributed by atoms with Crippen LogP contribution in [0.1, 0.15) is 65.1 Å². The van der Waals surface area contributed by atoms with Gasteiger partial charge in [-0.05, 0) is 37.7 Å². The second-order valence-corrected chi connectivity index (χ2v) is 6.34. The van der Waals surface area contributed by atoms with Gasteiger partial charge in [-0.1, -0.05) is 27.7 Å². The average Bonchev–Trinajstić information content (AvgIpc) is 2.67. The van der Waals surface area contributed by atoms with E-state index < -0.39 is 0 Å². The molecule has 0 amide bonds. The quantitative estimate of drug-likeness (QED) is 0.701. The molecule has 1 saturated carbocycles. The molecule has 90 valence electrons. The zero-order valence-electron chi connectivity index (χ0n) is 11.0. The zero-order chi connectivity index (χ0) is 11.8. The molecular formula is C14H24N2. The fraction of sp³-hybridized carbons (Fsp3) is 0.786. The minimum atomic E-state index is 0.174. The van der Waals surface area contributed by atoms with Crippen LogP contribution in [0.2, 0.25) is 0 Å². The predicted octanol–water partition coefficient (Wildman–Crippen LogP) is 3.93. The van der Waals surface area contributed by atoms with Gasteiger partial charge in [0.05, 0.1) is 11.7 Å². The van der Waals surface area contributed by atoms with Crippen LogP contribution < -0.4 is 0 Å². The molecule has 16 heavy (non-hydrogen) atoms. The Morgan fingerprint density at radius 1 is 1.19 bits per heavy atom. The van der Waals surface area contributed by atoms with Gasteiger partial charge in [-0.25, -0.2) is 0 Å². The van der Waals surface area contributed by atoms with Gasteiger partial charge in [0, 0.05) is 11.6 Å². The van der Waals surface area contributed by atoms with Crippen molar-refractivity contribution < 1.29 is 0 Å². The summed E-state index contributed by atoms with van der Waals surface area (Å²) in [5, 5.41) is 4.75. The first-order valence-corrected chi connectivity index (χ1v) is 6.52. The third kappa shape index (κ3) is 2.47. The summed E-state index contributed by atoms with van der Waals surface area (Å²) in [4.78, 5) is 0. The van der Waals surface area contributed by atoms with Crippen LogP contribution in [0.3, 0.4) is 0 Å². The minimum Gasteiger partial charge on any atom is -0.269 e. The molecule has 1 aliphatic rings. The highest BCUT2D eigenvalue weighted by molar-refractivity contribution is 5.10. The monoisotopic (exact) mass is 220 g/mol. The summed E-state index contributed by atoms with van der Waals surface area (Å²) < 4.78 is 2.20. The fourth-order valence-electron chi connectivity index (χ4n) is 2.45. The molecule has 0 radical (unpaired) electrons. The first kappa shape index (κ1) is 11.7. The highest BCUT2D eigenvalue weighted by Crippen LogP contribution is 2.32. The lowest BCUT2D eigenvalue weighted by Gasteiger charge is -2.26. The largest absolute Gasteiger partial charge is 0.269 e. The van der Waals surface area contributed by atoms with Crippen molar-refractivity contribution in [3.8, 4) is 0 Å². The third-order valence-electron chi connectivity index (χ3n) is 3.74. The van der Waals surface area contributed by atoms with Gasteiger partial charge in [-0.3, -0.25) is 4.68 Å². The molecule has 0 unspecified atom stereocenters. The van der Waals surface area contributed by atoms with Gasteiger partial charge in [-0.15, -0.1) is 0 Å². The van der Waals surface area contributed by atoms with E-state index in [4.69, 9.17) is 5.10 Å². The van der Waals surface area contributed by atoms with Crippen LogP contribution >= 0.6 is 0 Å². The van der Waals surface area contributed by atoms with E-state index in [0.29, 0.717) is 6.04 Å². The second-order valence-electron chi connectivity index (χ2n) is 6.34. The lowest BCUT2D eigenvalue weighted by Crippen LogP contribution is -2.19. The summed E-state index contributed by atoms with van der Waals surface area (Å²) in [6, 6.07) is 2.82. The number of aromatic nitrogens is 2. The summed E-state index contributed by atoms with van der Waals surface area (Å²) in [5.41, 5.74) is 1.39. The van der Waals surface area contributed by atoms with Crippen LogP contribution in [-0.4, -0.2) is 9.78 Å². The predicted molar refractivity (Wildman–Crippen MR) is 67.6 cm³/mol. The fourth-order valence-corrected chi connectivity index (χ4v) is 2.45. The SMILES string of the molecule is CC(C)(C)c1ccn([C@H]2CC[C@H](C)CC2)n1. The van der Waals surface area contributed by atoms with Crippen LogP contribution in [0.25, 0.3) is 0 Å². The van der Waals surface area contributed by atoms with Crippen molar-refractivity contribution in [2.24, 2.45) is 5.92 Å². The van der Waals surface area contributed by atoms with E-state index >= 15 is 0 Å². The molecule has 0 spiro atoms. The van der Waals surface area contributed by atoms with Crippen molar-refractivity contribution in [2.45, 2.75) is 64.8 Å². The molecule has 0 bridgehead atoms. The Balaban J connectivity index is 2.08. The summed E-state index contributed by atoms with van der Waals surface area (Å²) in [5.74, 6) is 0.911. The van der Waals surface area contributed by atoms with Crippen LogP contribution in [0.5, 0.6) is 0 Å². The lowest BCUT2D eigenvalue weighted by molar-refractivity contribution is 0.272. The van der Waals surface area contributed by atoms with Crippen molar-refractivity contribution in [2.75, 3.05) is 0 Å². The summed E-state index contributed by atoms with van der Waals surface area (Å²) in [7, 11) is 0. The lowest BCUT2D eigenvalue weighted by atomic mass is 9.87. The Morgan fingerprint density at radius 3 is 2.31 bits per heavy atom. The molecule has 1 fully saturated rings. The van der Waals surface area contributed by atoms with Crippen LogP contribution in [0.4, 0.5) is 0 Å². The van der Waals surface area contributed by atoms with E-state index in [2.05, 4.69) is 44.6 Å². The Bertz CT molecular complexity index is 338. The Hall–Kier alpha value is -0.790. The van der Waals surface area contributed by atoms with E-state index in [9.17, 15) is 0 Å². The molecule has 0 saturated heterocycles. The molecule has 1 heterocycles. The molecule has 0 N–H and O–H groups in total. The summed E-state index contributed by atoms with van der Waals surface area (Å²) in [6.45, 7) is 9.04. The average molecular weight is 220 g/mol. The number of hydrogen-bond donors (Lipinski definition) is 0. The molecule has 0 aliphatic heterocycles. The van der Waals surface area contributed by atoms with Gasteiger partial charge in [0.25, 0.3) is 0 Å². The highest BCUT2D eigenvalue weighted by atomic mass is 15.3. The molecule has 0 atom stereocenters. The molecule has 1 aromatic rings. The van der Waals surface area contributed by atoms with Crippen molar-refractivity contribution >= 4 is 0 Å². The molecular weight excluding hydrogens is 196 g/mol. The smallest absolute Gasteiger partial charge is 0.0678 e. The van der Waals surface area contributed by atoms with E-state index in [0.717, 1.165) is 5.92 Å². The van der Waals surface area contributed by atoms with E-state index in [-0.39, 0.29) is 5.41 Å². The zero-order valence-corrected chi connectivity index (χ0v) is 11.0. The van der Waals surface area contributed by atoms with Crippen molar-refractivity contribution in [1.82, 2.24) is 9.78 Å². The number of nitrogens with zero attached hydrogens (tertiary/aromatic N) is 2. The first-order valence-electron chi connectivity index (χ1n) is 6.52. The maximum Gasteiger partial charge on any atom is 0.0678 e. The molecule has 1 aromatic heterocycles. The first-order chi connectivity index (χ1) is 7.47. The van der Waals surface area contributed by atoms with Crippen LogP contribution in [-0.2, 0) is 5.41 Å². The number of rotatable bonds is 1. The van der Waals surface area contributed by atoms with Gasteiger partial charge in [0.1, 0.15) is 0 Å². The van der Waals surface area contributed by atoms with Crippen LogP contribution in [0.15, 0.2) is 12.3 Å². The summed E-state index contributed by atoms with van der Waals surface area (Å²) >= 11 is 0. The third-order valence-corrected chi connectivity index (χ3v) is 3.74. The maximum atomic E-state index is 4.75. The standard InChI is InChI=1S/C14H24N2/c1-11-5-7-12(8-6-11)16-10-9-13(15-16)14(2,3)4/h9-12H,5-8H2,1-4H3/t11-,12-. The number of hydrogen-bond acceptors (Lipinski definition) is 1. The van der Waals surface area contributed by atoms with E-state index in [1.54, 1.807) is 0 Å². The topological polar surface area (TPSA) is 17.8 Å². The Morgan fingerprint density at radius 2 is 1.81 bits per heavy atom. The molecule has 2 heteroatoms. The minimum absolute atomic E-state index is 0.174. The Labute approximate surface area is 99.0 Å². The van der Waals surface area contributed by atoms with Gasteiger partial charge in [0.15, 0.2) is 0 Å². The maximum absolute atomic E-state index is 4.75. The normalized spacial score (nSPS) is 27.0. The van der Waals surface area contributed by atoms with Gasteiger partial charge in [-0.2, -0.15) is 5.10 Å². The molecule has 2 rings (SSSR count). The Kier molecular flexibility index (Phi) is 3.09. The van der Waals surface area contributed by atoms with Gasteiger partial charge < -0.3 is 0 Å². The summed E-state index contributed by atoms with van der Waals surface area (Å²) in [6.07, 6.45) is 7.48. The molecule has 2 nitrogen and oxygen atoms in total.